The molecule has 0 saturated heterocycles. The summed E-state index contributed by atoms with van der Waals surface area (Å²) >= 11 is 3.51. The van der Waals surface area contributed by atoms with Crippen molar-refractivity contribution in [1.82, 2.24) is 0 Å². The number of benzene rings is 1. The van der Waals surface area contributed by atoms with Gasteiger partial charge < -0.3 is 14.9 Å². The average molecular weight is 324 g/mol. The van der Waals surface area contributed by atoms with Gasteiger partial charge in [-0.05, 0) is 66.5 Å². The van der Waals surface area contributed by atoms with E-state index in [0.29, 0.717) is 0 Å². The maximum Gasteiger partial charge on any atom is 0.171 e. The Morgan fingerprint density at radius 2 is 1.95 bits per heavy atom. The molecule has 0 amide bonds. The highest BCUT2D eigenvalue weighted by Gasteiger charge is 2.22. The predicted molar refractivity (Wildman–Crippen MR) is 79.3 cm³/mol. The van der Waals surface area contributed by atoms with Crippen molar-refractivity contribution in [2.45, 2.75) is 32.9 Å². The van der Waals surface area contributed by atoms with Crippen molar-refractivity contribution < 1.29 is 9.15 Å². The summed E-state index contributed by atoms with van der Waals surface area (Å²) in [4.78, 5) is 0. The highest BCUT2D eigenvalue weighted by atomic mass is 79.9. The average Bonchev–Trinajstić information content (AvgIpc) is 2.74. The highest BCUT2D eigenvalue weighted by Crippen LogP contribution is 2.31. The van der Waals surface area contributed by atoms with Crippen LogP contribution in [0.3, 0.4) is 0 Å². The van der Waals surface area contributed by atoms with Crippen molar-refractivity contribution in [3.05, 3.63) is 51.9 Å². The molecule has 0 aliphatic rings. The molecule has 0 fully saturated rings. The molecule has 102 valence electrons. The zero-order chi connectivity index (χ0) is 14.0. The van der Waals surface area contributed by atoms with E-state index in [1.54, 1.807) is 0 Å². The Bertz CT molecular complexity index is 563. The summed E-state index contributed by atoms with van der Waals surface area (Å²) in [7, 11) is 0. The lowest BCUT2D eigenvalue weighted by atomic mass is 10.1. The van der Waals surface area contributed by atoms with Crippen LogP contribution in [0.25, 0.3) is 0 Å². The Labute approximate surface area is 121 Å². The molecule has 19 heavy (non-hydrogen) atoms. The molecule has 0 saturated carbocycles. The molecular weight excluding hydrogens is 306 g/mol. The molecule has 0 radical (unpaired) electrons. The molecule has 2 N–H and O–H groups in total. The van der Waals surface area contributed by atoms with Crippen LogP contribution in [0.4, 0.5) is 0 Å². The van der Waals surface area contributed by atoms with Gasteiger partial charge in [0, 0.05) is 6.04 Å². The van der Waals surface area contributed by atoms with Gasteiger partial charge in [-0.15, -0.1) is 0 Å². The molecule has 1 aromatic heterocycles. The first kappa shape index (κ1) is 14.2. The maximum atomic E-state index is 6.01. The van der Waals surface area contributed by atoms with Crippen LogP contribution < -0.4 is 10.5 Å². The van der Waals surface area contributed by atoms with Gasteiger partial charge in [0.1, 0.15) is 17.3 Å². The number of rotatable bonds is 4. The van der Waals surface area contributed by atoms with Crippen molar-refractivity contribution in [3.63, 3.8) is 0 Å². The van der Waals surface area contributed by atoms with Crippen molar-refractivity contribution in [2.75, 3.05) is 0 Å². The number of hydrogen-bond acceptors (Lipinski definition) is 3. The molecule has 1 aromatic carbocycles. The molecule has 2 unspecified atom stereocenters. The highest BCUT2D eigenvalue weighted by molar-refractivity contribution is 9.10. The van der Waals surface area contributed by atoms with Crippen LogP contribution >= 0.6 is 15.9 Å². The quantitative estimate of drug-likeness (QED) is 0.920. The summed E-state index contributed by atoms with van der Waals surface area (Å²) in [5, 5.41) is 0. The third-order valence-electron chi connectivity index (χ3n) is 2.86. The summed E-state index contributed by atoms with van der Waals surface area (Å²) in [5.74, 6) is 2.37. The Kier molecular flexibility index (Phi) is 4.32. The van der Waals surface area contributed by atoms with Crippen molar-refractivity contribution in [1.29, 1.82) is 0 Å². The predicted octanol–water partition coefficient (Wildman–Crippen LogP) is 4.13. The SMILES string of the molecule is Cc1ccc(OC(c2ccc(C)o2)C(C)N)c(Br)c1. The van der Waals surface area contributed by atoms with E-state index in [4.69, 9.17) is 14.9 Å². The van der Waals surface area contributed by atoms with Crippen LogP contribution in [0.15, 0.2) is 39.2 Å². The van der Waals surface area contributed by atoms with Crippen molar-refractivity contribution in [2.24, 2.45) is 5.73 Å². The first-order valence-electron chi connectivity index (χ1n) is 6.22. The van der Waals surface area contributed by atoms with Crippen LogP contribution in [0, 0.1) is 13.8 Å². The number of halogens is 1. The van der Waals surface area contributed by atoms with E-state index in [-0.39, 0.29) is 12.1 Å². The lowest BCUT2D eigenvalue weighted by Gasteiger charge is -2.21. The first-order valence-corrected chi connectivity index (χ1v) is 7.01. The second-order valence-electron chi connectivity index (χ2n) is 4.78. The van der Waals surface area contributed by atoms with Gasteiger partial charge in [-0.2, -0.15) is 0 Å². The normalized spacial score (nSPS) is 14.2. The fourth-order valence-electron chi connectivity index (χ4n) is 1.87. The van der Waals surface area contributed by atoms with Crippen LogP contribution in [0.2, 0.25) is 0 Å². The van der Waals surface area contributed by atoms with Gasteiger partial charge in [-0.3, -0.25) is 0 Å². The molecule has 0 aliphatic carbocycles. The molecule has 2 aromatic rings. The number of aryl methyl sites for hydroxylation is 2. The molecule has 1 heterocycles. The lowest BCUT2D eigenvalue weighted by Crippen LogP contribution is -2.28. The smallest absolute Gasteiger partial charge is 0.171 e. The van der Waals surface area contributed by atoms with Crippen molar-refractivity contribution in [3.8, 4) is 5.75 Å². The van der Waals surface area contributed by atoms with Gasteiger partial charge in [0.15, 0.2) is 6.10 Å². The molecule has 2 atom stereocenters. The van der Waals surface area contributed by atoms with Gasteiger partial charge in [0.2, 0.25) is 0 Å². The second-order valence-corrected chi connectivity index (χ2v) is 5.63. The molecule has 4 heteroatoms. The van der Waals surface area contributed by atoms with Crippen molar-refractivity contribution >= 4 is 15.9 Å². The number of nitrogens with two attached hydrogens (primary N) is 1. The summed E-state index contributed by atoms with van der Waals surface area (Å²) in [6.07, 6.45) is -0.298. The number of hydrogen-bond donors (Lipinski definition) is 1. The Hall–Kier alpha value is -1.26. The summed E-state index contributed by atoms with van der Waals surface area (Å²) in [5.41, 5.74) is 7.18. The first-order chi connectivity index (χ1) is 8.97. The fraction of sp³-hybridized carbons (Fsp3) is 0.333. The fourth-order valence-corrected chi connectivity index (χ4v) is 2.46. The Balaban J connectivity index is 2.26. The minimum atomic E-state index is -0.298. The van der Waals surface area contributed by atoms with Crippen LogP contribution in [0.1, 0.15) is 30.1 Å². The molecule has 0 spiro atoms. The van der Waals surface area contributed by atoms with E-state index in [0.717, 1.165) is 21.7 Å². The molecule has 3 nitrogen and oxygen atoms in total. The summed E-state index contributed by atoms with van der Waals surface area (Å²) < 4.78 is 12.5. The van der Waals surface area contributed by atoms with Gasteiger partial charge in [-0.25, -0.2) is 0 Å². The second kappa shape index (κ2) is 5.80. The van der Waals surface area contributed by atoms with E-state index in [1.165, 1.54) is 5.56 Å². The third kappa shape index (κ3) is 3.39. The van der Waals surface area contributed by atoms with E-state index in [2.05, 4.69) is 15.9 Å². The summed E-state index contributed by atoms with van der Waals surface area (Å²) in [6, 6.07) is 9.61. The van der Waals surface area contributed by atoms with Gasteiger partial charge in [-0.1, -0.05) is 6.07 Å². The minimum absolute atomic E-state index is 0.168. The Morgan fingerprint density at radius 3 is 2.47 bits per heavy atom. The zero-order valence-electron chi connectivity index (χ0n) is 11.3. The zero-order valence-corrected chi connectivity index (χ0v) is 12.9. The van der Waals surface area contributed by atoms with Crippen LogP contribution in [-0.4, -0.2) is 6.04 Å². The van der Waals surface area contributed by atoms with Crippen LogP contribution in [-0.2, 0) is 0 Å². The van der Waals surface area contributed by atoms with E-state index in [1.807, 2.05) is 51.1 Å². The minimum Gasteiger partial charge on any atom is -0.480 e. The molecular formula is C15H18BrNO2. The molecule has 2 rings (SSSR count). The molecule has 0 aliphatic heterocycles. The van der Waals surface area contributed by atoms with Gasteiger partial charge in [0.25, 0.3) is 0 Å². The van der Waals surface area contributed by atoms with E-state index < -0.39 is 0 Å². The number of ether oxygens (including phenoxy) is 1. The summed E-state index contributed by atoms with van der Waals surface area (Å²) in [6.45, 7) is 5.85. The van der Waals surface area contributed by atoms with E-state index in [9.17, 15) is 0 Å². The van der Waals surface area contributed by atoms with Crippen LogP contribution in [0.5, 0.6) is 5.75 Å². The largest absolute Gasteiger partial charge is 0.480 e. The Morgan fingerprint density at radius 1 is 1.21 bits per heavy atom. The topological polar surface area (TPSA) is 48.4 Å². The maximum absolute atomic E-state index is 6.01. The monoisotopic (exact) mass is 323 g/mol. The standard InChI is InChI=1S/C15H18BrNO2/c1-9-4-6-13(12(16)8-9)19-15(11(3)17)14-7-5-10(2)18-14/h4-8,11,15H,17H2,1-3H3. The van der Waals surface area contributed by atoms with E-state index >= 15 is 0 Å². The third-order valence-corrected chi connectivity index (χ3v) is 3.48. The lowest BCUT2D eigenvalue weighted by molar-refractivity contribution is 0.150. The number of furan rings is 1. The van der Waals surface area contributed by atoms with Gasteiger partial charge in [0.05, 0.1) is 4.47 Å². The van der Waals surface area contributed by atoms with Gasteiger partial charge >= 0.3 is 0 Å². The molecule has 0 bridgehead atoms.